The zero-order chi connectivity index (χ0) is 19.0. The van der Waals surface area contributed by atoms with Gasteiger partial charge in [-0.25, -0.2) is 9.37 Å². The molecule has 0 N–H and O–H groups in total. The number of halogens is 1. The van der Waals surface area contributed by atoms with Crippen molar-refractivity contribution in [3.63, 3.8) is 0 Å². The number of aromatic nitrogens is 4. The Bertz CT molecular complexity index is 1020. The molecule has 0 radical (unpaired) electrons. The number of fused-ring (bicyclic) bond motifs is 1. The third-order valence-electron chi connectivity index (χ3n) is 4.48. The second kappa shape index (κ2) is 7.04. The van der Waals surface area contributed by atoms with Crippen molar-refractivity contribution in [2.75, 3.05) is 18.3 Å². The van der Waals surface area contributed by atoms with Crippen molar-refractivity contribution >= 4 is 23.4 Å². The number of ether oxygens (including phenoxy) is 1. The fourth-order valence-electron chi connectivity index (χ4n) is 2.94. The Labute approximate surface area is 159 Å². The van der Waals surface area contributed by atoms with E-state index in [0.717, 1.165) is 11.3 Å². The van der Waals surface area contributed by atoms with Gasteiger partial charge in [-0.2, -0.15) is 19.9 Å². The third kappa shape index (κ3) is 3.28. The molecule has 0 bridgehead atoms. The summed E-state index contributed by atoms with van der Waals surface area (Å²) in [4.78, 5) is 10.9. The molecule has 0 saturated heterocycles. The Hall–Kier alpha value is -2.86. The smallest absolute Gasteiger partial charge is 0.231 e. The molecule has 2 heterocycles. The number of anilines is 1. The molecule has 2 atom stereocenters. The lowest BCUT2D eigenvalue weighted by atomic mass is 10.2. The Morgan fingerprint density at radius 1 is 1.37 bits per heavy atom. The highest BCUT2D eigenvalue weighted by atomic mass is 32.2. The highest BCUT2D eigenvalue weighted by Crippen LogP contribution is 2.36. The maximum atomic E-state index is 14.0. The van der Waals surface area contributed by atoms with Crippen molar-refractivity contribution in [3.05, 3.63) is 41.6 Å². The summed E-state index contributed by atoms with van der Waals surface area (Å²) in [5.41, 5.74) is 1.80. The molecule has 1 aliphatic carbocycles. The zero-order valence-corrected chi connectivity index (χ0v) is 15.6. The summed E-state index contributed by atoms with van der Waals surface area (Å²) in [6.45, 7) is 0.469. The van der Waals surface area contributed by atoms with Gasteiger partial charge in [0.1, 0.15) is 23.6 Å². The molecule has 1 aliphatic rings. The van der Waals surface area contributed by atoms with E-state index in [0.29, 0.717) is 35.3 Å². The van der Waals surface area contributed by atoms with Crippen molar-refractivity contribution in [1.29, 1.82) is 5.26 Å². The van der Waals surface area contributed by atoms with Crippen LogP contribution in [0.15, 0.2) is 35.6 Å². The van der Waals surface area contributed by atoms with Crippen LogP contribution in [-0.4, -0.2) is 45.2 Å². The maximum Gasteiger partial charge on any atom is 0.231 e. The molecule has 1 saturated carbocycles. The van der Waals surface area contributed by atoms with Crippen LogP contribution in [0.5, 0.6) is 5.75 Å². The van der Waals surface area contributed by atoms with Crippen LogP contribution in [-0.2, 0) is 6.54 Å². The molecule has 4 rings (SSSR count). The first-order chi connectivity index (χ1) is 13.1. The van der Waals surface area contributed by atoms with E-state index in [1.165, 1.54) is 22.5 Å². The summed E-state index contributed by atoms with van der Waals surface area (Å²) < 4.78 is 20.7. The molecular weight excluding hydrogens is 367 g/mol. The van der Waals surface area contributed by atoms with Crippen molar-refractivity contribution in [2.45, 2.75) is 30.3 Å². The molecular formula is C18H17FN6OS. The minimum absolute atomic E-state index is 0.269. The number of nitriles is 1. The normalized spacial score (nSPS) is 18.3. The van der Waals surface area contributed by atoms with Gasteiger partial charge in [-0.15, -0.1) is 0 Å². The van der Waals surface area contributed by atoms with E-state index in [-0.39, 0.29) is 6.04 Å². The van der Waals surface area contributed by atoms with Crippen LogP contribution in [0.25, 0.3) is 5.65 Å². The van der Waals surface area contributed by atoms with Crippen LogP contribution < -0.4 is 9.64 Å². The Balaban J connectivity index is 1.78. The topological polar surface area (TPSA) is 79.3 Å². The minimum atomic E-state index is -0.906. The number of thioether (sulfide) groups is 1. The summed E-state index contributed by atoms with van der Waals surface area (Å²) in [7, 11) is 1.62. The number of nitrogens with zero attached hydrogens (tertiary/aromatic N) is 6. The number of benzene rings is 1. The molecule has 138 valence electrons. The van der Waals surface area contributed by atoms with Crippen molar-refractivity contribution < 1.29 is 9.13 Å². The first-order valence-electron chi connectivity index (χ1n) is 8.38. The van der Waals surface area contributed by atoms with Gasteiger partial charge in [0.25, 0.3) is 0 Å². The summed E-state index contributed by atoms with van der Waals surface area (Å²) in [6, 6.07) is 9.46. The summed E-state index contributed by atoms with van der Waals surface area (Å²) in [5, 5.41) is 14.1. The van der Waals surface area contributed by atoms with Crippen molar-refractivity contribution in [3.8, 4) is 11.8 Å². The quantitative estimate of drug-likeness (QED) is 0.605. The average molecular weight is 384 g/mol. The molecule has 1 fully saturated rings. The molecule has 3 aromatic rings. The van der Waals surface area contributed by atoms with Gasteiger partial charge in [-0.3, -0.25) is 0 Å². The molecule has 2 aromatic heterocycles. The fourth-order valence-corrected chi connectivity index (χ4v) is 3.29. The minimum Gasteiger partial charge on any atom is -0.497 e. The molecule has 0 spiro atoms. The molecule has 7 nitrogen and oxygen atoms in total. The van der Waals surface area contributed by atoms with E-state index in [2.05, 4.69) is 21.1 Å². The third-order valence-corrected chi connectivity index (χ3v) is 5.03. The first kappa shape index (κ1) is 17.5. The summed E-state index contributed by atoms with van der Waals surface area (Å²) in [6.07, 6.45) is 2.86. The highest BCUT2D eigenvalue weighted by molar-refractivity contribution is 7.98. The fraction of sp³-hybridized carbons (Fsp3) is 0.333. The lowest BCUT2D eigenvalue weighted by molar-refractivity contribution is 0.414. The molecule has 27 heavy (non-hydrogen) atoms. The number of hydrogen-bond donors (Lipinski definition) is 0. The summed E-state index contributed by atoms with van der Waals surface area (Å²) in [5.74, 6) is 1.26. The van der Waals surface area contributed by atoms with E-state index in [9.17, 15) is 9.65 Å². The standard InChI is InChI=1S/C18H17FN6OS/c1-26-13-5-3-11(4-6-13)10-24(15-7-14(15)19)18-23-17(27-2)22-16-12(8-20)9-21-25(16)18/h3-6,9,14-15H,7,10H2,1-2H3/t14-,15+/m0/s1. The maximum absolute atomic E-state index is 14.0. The lowest BCUT2D eigenvalue weighted by Gasteiger charge is -2.24. The van der Waals surface area contributed by atoms with E-state index >= 15 is 0 Å². The SMILES string of the molecule is COc1ccc(CN(c2nc(SC)nc3c(C#N)cnn23)[C@@H]2C[C@@H]2F)cc1. The Morgan fingerprint density at radius 3 is 2.70 bits per heavy atom. The molecule has 0 amide bonds. The van der Waals surface area contributed by atoms with E-state index in [1.54, 1.807) is 7.11 Å². The number of methoxy groups -OCH3 is 1. The Morgan fingerprint density at radius 2 is 2.11 bits per heavy atom. The van der Waals surface area contributed by atoms with Gasteiger partial charge >= 0.3 is 0 Å². The van der Waals surface area contributed by atoms with Gasteiger partial charge in [0, 0.05) is 13.0 Å². The van der Waals surface area contributed by atoms with Crippen LogP contribution in [0.3, 0.4) is 0 Å². The lowest BCUT2D eigenvalue weighted by Crippen LogP contribution is -2.30. The van der Waals surface area contributed by atoms with Gasteiger partial charge in [-0.05, 0) is 24.0 Å². The van der Waals surface area contributed by atoms with Gasteiger partial charge in [-0.1, -0.05) is 23.9 Å². The van der Waals surface area contributed by atoms with Gasteiger partial charge in [0.15, 0.2) is 10.8 Å². The van der Waals surface area contributed by atoms with Crippen LogP contribution in [0.2, 0.25) is 0 Å². The van der Waals surface area contributed by atoms with Gasteiger partial charge in [0.05, 0.1) is 19.3 Å². The second-order valence-corrected chi connectivity index (χ2v) is 6.98. The number of hydrogen-bond acceptors (Lipinski definition) is 7. The van der Waals surface area contributed by atoms with Crippen LogP contribution >= 0.6 is 11.8 Å². The number of alkyl halides is 1. The van der Waals surface area contributed by atoms with Crippen LogP contribution in [0, 0.1) is 11.3 Å². The van der Waals surface area contributed by atoms with E-state index < -0.39 is 6.17 Å². The predicted octanol–water partition coefficient (Wildman–Crippen LogP) is 2.84. The Kier molecular flexibility index (Phi) is 4.58. The molecule has 9 heteroatoms. The van der Waals surface area contributed by atoms with Crippen molar-refractivity contribution in [2.24, 2.45) is 0 Å². The molecule has 1 aromatic carbocycles. The van der Waals surface area contributed by atoms with Crippen LogP contribution in [0.4, 0.5) is 10.3 Å². The number of rotatable bonds is 6. The van der Waals surface area contributed by atoms with Gasteiger partial charge in [0.2, 0.25) is 5.95 Å². The second-order valence-electron chi connectivity index (χ2n) is 6.21. The highest BCUT2D eigenvalue weighted by Gasteiger charge is 2.44. The van der Waals surface area contributed by atoms with Gasteiger partial charge < -0.3 is 9.64 Å². The monoisotopic (exact) mass is 384 g/mol. The largest absolute Gasteiger partial charge is 0.497 e. The summed E-state index contributed by atoms with van der Waals surface area (Å²) >= 11 is 1.37. The molecule has 0 unspecified atom stereocenters. The first-order valence-corrected chi connectivity index (χ1v) is 9.60. The average Bonchev–Trinajstić information content (AvgIpc) is 3.27. The van der Waals surface area contributed by atoms with E-state index in [4.69, 9.17) is 4.74 Å². The van der Waals surface area contributed by atoms with Crippen LogP contribution in [0.1, 0.15) is 17.5 Å². The zero-order valence-electron chi connectivity index (χ0n) is 14.8. The predicted molar refractivity (Wildman–Crippen MR) is 99.8 cm³/mol. The molecule has 0 aliphatic heterocycles. The van der Waals surface area contributed by atoms with E-state index in [1.807, 2.05) is 35.4 Å². The van der Waals surface area contributed by atoms with Crippen molar-refractivity contribution in [1.82, 2.24) is 19.6 Å².